The van der Waals surface area contributed by atoms with E-state index in [2.05, 4.69) is 5.32 Å². The van der Waals surface area contributed by atoms with Gasteiger partial charge < -0.3 is 29.0 Å². The highest BCUT2D eigenvalue weighted by Crippen LogP contribution is 2.47. The van der Waals surface area contributed by atoms with Gasteiger partial charge in [-0.05, 0) is 72.5 Å². The summed E-state index contributed by atoms with van der Waals surface area (Å²) >= 11 is 6.40. The number of fused-ring (bicyclic) bond motifs is 2. The van der Waals surface area contributed by atoms with Crippen molar-refractivity contribution in [3.05, 3.63) is 88.2 Å². The van der Waals surface area contributed by atoms with Crippen LogP contribution in [0.4, 0.5) is 4.79 Å². The molecule has 0 fully saturated rings. The number of rotatable bonds is 10. The molecule has 39 heavy (non-hydrogen) atoms. The highest BCUT2D eigenvalue weighted by atomic mass is 35.5. The third kappa shape index (κ3) is 6.24. The molecule has 2 heterocycles. The Balaban J connectivity index is 1.35. The number of nitrogens with zero attached hydrogens (tertiary/aromatic N) is 1. The minimum atomic E-state index is -0.410. The molecular weight excluding hydrogens is 520 g/mol. The summed E-state index contributed by atoms with van der Waals surface area (Å²) in [6, 6.07) is 14.5. The van der Waals surface area contributed by atoms with E-state index in [4.69, 9.17) is 35.3 Å². The average Bonchev–Trinajstić information content (AvgIpc) is 3.33. The van der Waals surface area contributed by atoms with Crippen molar-refractivity contribution < 1.29 is 28.5 Å². The average molecular weight is 553 g/mol. The predicted octanol–water partition coefficient (Wildman–Crippen LogP) is 5.57. The molecule has 2 aliphatic heterocycles. The lowest BCUT2D eigenvalue weighted by molar-refractivity contribution is 0.0544. The molecule has 0 aromatic heterocycles. The van der Waals surface area contributed by atoms with Crippen molar-refractivity contribution in [2.75, 3.05) is 47.2 Å². The highest BCUT2D eigenvalue weighted by Gasteiger charge is 2.42. The van der Waals surface area contributed by atoms with E-state index in [9.17, 15) is 4.79 Å². The van der Waals surface area contributed by atoms with Crippen LogP contribution in [0.25, 0.3) is 0 Å². The predicted molar refractivity (Wildman–Crippen MR) is 148 cm³/mol. The van der Waals surface area contributed by atoms with Crippen LogP contribution in [0.3, 0.4) is 0 Å². The van der Waals surface area contributed by atoms with E-state index in [0.717, 1.165) is 40.6 Å². The van der Waals surface area contributed by atoms with Gasteiger partial charge in [-0.25, -0.2) is 4.79 Å². The molecule has 2 unspecified atom stereocenters. The molecule has 9 heteroatoms. The van der Waals surface area contributed by atoms with Gasteiger partial charge in [-0.1, -0.05) is 23.7 Å². The smallest absolute Gasteiger partial charge is 0.416 e. The first-order chi connectivity index (χ1) is 19.1. The molecule has 0 radical (unpaired) electrons. The summed E-state index contributed by atoms with van der Waals surface area (Å²) in [5.74, 6) is 2.10. The first-order valence-corrected chi connectivity index (χ1v) is 13.4. The Labute approximate surface area is 233 Å². The molecule has 1 N–H and O–H groups in total. The minimum absolute atomic E-state index is 0.209. The lowest BCUT2D eigenvalue weighted by atomic mass is 9.85. The maximum absolute atomic E-state index is 13.5. The number of benzene rings is 2. The molecule has 0 saturated carbocycles. The molecule has 2 aromatic carbocycles. The van der Waals surface area contributed by atoms with Gasteiger partial charge in [-0.15, -0.1) is 0 Å². The van der Waals surface area contributed by atoms with E-state index < -0.39 is 6.09 Å². The molecule has 3 aliphatic rings. The molecule has 1 amide bonds. The fourth-order valence-corrected chi connectivity index (χ4v) is 5.38. The maximum atomic E-state index is 13.5. The van der Waals surface area contributed by atoms with Crippen LogP contribution in [0.1, 0.15) is 24.4 Å². The lowest BCUT2D eigenvalue weighted by Gasteiger charge is -2.36. The number of allylic oxidation sites excluding steroid dienone is 4. The summed E-state index contributed by atoms with van der Waals surface area (Å²) in [4.78, 5) is 15.3. The molecule has 1 aliphatic carbocycles. The molecule has 2 aromatic rings. The standard InChI is InChI=1S/C30H33ClN2O6/c1-35-15-16-37-17-18-38-23-6-3-20(4-7-23)29-28-25(26-19-21(31)5-12-27(26)32-28)13-14-33(29)30(34)39-24-10-8-22(36-2)9-11-24/h3-12,26,29,32H,13-19H2,1-2H3. The fourth-order valence-electron chi connectivity index (χ4n) is 5.17. The topological polar surface area (TPSA) is 78.5 Å². The summed E-state index contributed by atoms with van der Waals surface area (Å²) in [7, 11) is 3.24. The van der Waals surface area contributed by atoms with E-state index in [1.54, 1.807) is 43.4 Å². The van der Waals surface area contributed by atoms with Crippen LogP contribution in [0, 0.1) is 5.92 Å². The van der Waals surface area contributed by atoms with Crippen LogP contribution in [0.15, 0.2) is 82.7 Å². The van der Waals surface area contributed by atoms with Crippen LogP contribution in [0.5, 0.6) is 17.2 Å². The van der Waals surface area contributed by atoms with Gasteiger partial charge in [0.25, 0.3) is 0 Å². The van der Waals surface area contributed by atoms with Gasteiger partial charge in [-0.3, -0.25) is 4.90 Å². The van der Waals surface area contributed by atoms with Gasteiger partial charge in [0.2, 0.25) is 0 Å². The fraction of sp³-hybridized carbons (Fsp3) is 0.367. The van der Waals surface area contributed by atoms with Crippen molar-refractivity contribution in [1.29, 1.82) is 0 Å². The highest BCUT2D eigenvalue weighted by molar-refractivity contribution is 6.29. The Bertz CT molecular complexity index is 1260. The number of ether oxygens (including phenoxy) is 5. The van der Waals surface area contributed by atoms with Crippen molar-refractivity contribution in [2.45, 2.75) is 18.9 Å². The molecule has 206 valence electrons. The first-order valence-electron chi connectivity index (χ1n) is 13.1. The number of halogens is 1. The van der Waals surface area contributed by atoms with Crippen molar-refractivity contribution in [2.24, 2.45) is 5.92 Å². The lowest BCUT2D eigenvalue weighted by Crippen LogP contribution is -2.42. The first kappa shape index (κ1) is 27.1. The number of hydrogen-bond acceptors (Lipinski definition) is 7. The van der Waals surface area contributed by atoms with Crippen LogP contribution in [-0.2, 0) is 9.47 Å². The summed E-state index contributed by atoms with van der Waals surface area (Å²) in [5.41, 5.74) is 4.39. The van der Waals surface area contributed by atoms with Gasteiger partial charge in [0.1, 0.15) is 29.9 Å². The number of nitrogens with one attached hydrogen (secondary N) is 1. The molecule has 0 bridgehead atoms. The third-order valence-electron chi connectivity index (χ3n) is 7.09. The number of carbonyl (C=O) groups excluding carboxylic acids is 1. The maximum Gasteiger partial charge on any atom is 0.416 e. The van der Waals surface area contributed by atoms with Gasteiger partial charge in [0.15, 0.2) is 0 Å². The number of amides is 1. The van der Waals surface area contributed by atoms with Crippen LogP contribution in [-0.4, -0.2) is 58.2 Å². The van der Waals surface area contributed by atoms with Crippen LogP contribution >= 0.6 is 11.6 Å². The van der Waals surface area contributed by atoms with Crippen molar-refractivity contribution in [3.63, 3.8) is 0 Å². The molecule has 0 saturated heterocycles. The van der Waals surface area contributed by atoms with E-state index in [-0.39, 0.29) is 12.0 Å². The quantitative estimate of drug-likeness (QED) is 0.386. The summed E-state index contributed by atoms with van der Waals surface area (Å²) in [6.07, 6.45) is 5.08. The number of carbonyl (C=O) groups is 1. The molecule has 8 nitrogen and oxygen atoms in total. The van der Waals surface area contributed by atoms with Crippen molar-refractivity contribution >= 4 is 17.7 Å². The van der Waals surface area contributed by atoms with Crippen molar-refractivity contribution in [1.82, 2.24) is 10.2 Å². The largest absolute Gasteiger partial charge is 0.497 e. The Morgan fingerprint density at radius 1 is 0.949 bits per heavy atom. The summed E-state index contributed by atoms with van der Waals surface area (Å²) in [6.45, 7) is 2.53. The zero-order valence-electron chi connectivity index (χ0n) is 22.2. The Kier molecular flexibility index (Phi) is 8.76. The zero-order valence-corrected chi connectivity index (χ0v) is 22.9. The summed E-state index contributed by atoms with van der Waals surface area (Å²) < 4.78 is 27.3. The zero-order chi connectivity index (χ0) is 27.2. The van der Waals surface area contributed by atoms with Crippen LogP contribution in [0.2, 0.25) is 0 Å². The molecule has 5 rings (SSSR count). The molecule has 2 atom stereocenters. The molecular formula is C30H33ClN2O6. The Hall–Kier alpha value is -3.46. The van der Waals surface area contributed by atoms with E-state index in [1.165, 1.54) is 5.57 Å². The van der Waals surface area contributed by atoms with E-state index >= 15 is 0 Å². The van der Waals surface area contributed by atoms with Gasteiger partial charge in [0, 0.05) is 36.0 Å². The van der Waals surface area contributed by atoms with Gasteiger partial charge >= 0.3 is 6.09 Å². The van der Waals surface area contributed by atoms with Crippen molar-refractivity contribution in [3.8, 4) is 17.2 Å². The minimum Gasteiger partial charge on any atom is -0.497 e. The second-order valence-corrected chi connectivity index (χ2v) is 9.95. The Morgan fingerprint density at radius 3 is 2.41 bits per heavy atom. The van der Waals surface area contributed by atoms with Crippen LogP contribution < -0.4 is 19.5 Å². The molecule has 0 spiro atoms. The normalized spacial score (nSPS) is 19.9. The number of methoxy groups -OCH3 is 2. The van der Waals surface area contributed by atoms with Gasteiger partial charge in [-0.2, -0.15) is 0 Å². The Morgan fingerprint density at radius 2 is 1.67 bits per heavy atom. The second-order valence-electron chi connectivity index (χ2n) is 9.47. The summed E-state index contributed by atoms with van der Waals surface area (Å²) in [5, 5.41) is 4.45. The number of hydrogen-bond donors (Lipinski definition) is 1. The monoisotopic (exact) mass is 552 g/mol. The van der Waals surface area contributed by atoms with E-state index in [0.29, 0.717) is 44.5 Å². The van der Waals surface area contributed by atoms with Gasteiger partial charge in [0.05, 0.1) is 26.9 Å². The second kappa shape index (κ2) is 12.6. The SMILES string of the molecule is COCCOCCOc1ccc(C2C3=C(CCN2C(=O)Oc2ccc(OC)cc2)C2CC(Cl)=CC=C2N3)cc1. The van der Waals surface area contributed by atoms with E-state index in [1.807, 2.05) is 36.4 Å². The third-order valence-corrected chi connectivity index (χ3v) is 7.37.